The third-order valence-corrected chi connectivity index (χ3v) is 4.49. The fraction of sp³-hybridized carbons (Fsp3) is 0.357. The monoisotopic (exact) mass is 424 g/mol. The van der Waals surface area contributed by atoms with Crippen LogP contribution >= 0.6 is 0 Å². The third kappa shape index (κ3) is 16.5. The molecule has 0 saturated heterocycles. The number of nitrogens with two attached hydrogens (primary N) is 1. The van der Waals surface area contributed by atoms with Crippen LogP contribution in [0.15, 0.2) is 109 Å². The van der Waals surface area contributed by atoms with Crippen LogP contribution in [0.4, 0.5) is 0 Å². The summed E-state index contributed by atoms with van der Waals surface area (Å²) in [7, 11) is 1.85. The molecule has 0 aromatic carbocycles. The first-order chi connectivity index (χ1) is 14.7. The predicted molar refractivity (Wildman–Crippen MR) is 140 cm³/mol. The number of likely N-dealkylation sites (N-methyl/N-ethyl adjacent to an activating group) is 1. The molecule has 1 atom stereocenters. The maximum Gasteiger partial charge on any atom is 0.112 e. The summed E-state index contributed by atoms with van der Waals surface area (Å²) in [6.07, 6.45) is 16.7. The molecule has 3 nitrogen and oxygen atoms in total. The molecule has 0 aromatic rings. The minimum Gasteiger partial charge on any atom is -0.495 e. The van der Waals surface area contributed by atoms with Crippen molar-refractivity contribution in [1.82, 2.24) is 5.32 Å². The van der Waals surface area contributed by atoms with Crippen molar-refractivity contribution >= 4 is 0 Å². The van der Waals surface area contributed by atoms with Crippen molar-refractivity contribution in [1.29, 1.82) is 0 Å². The average molecular weight is 425 g/mol. The van der Waals surface area contributed by atoms with Gasteiger partial charge in [0.1, 0.15) is 5.76 Å². The molecule has 0 radical (unpaired) electrons. The molecular weight excluding hydrogens is 380 g/mol. The molecule has 172 valence electrons. The molecule has 0 aromatic heterocycles. The van der Waals surface area contributed by atoms with E-state index in [-0.39, 0.29) is 0 Å². The van der Waals surface area contributed by atoms with Crippen LogP contribution in [0.25, 0.3) is 0 Å². The zero-order chi connectivity index (χ0) is 24.2. The van der Waals surface area contributed by atoms with Gasteiger partial charge in [-0.05, 0) is 55.6 Å². The van der Waals surface area contributed by atoms with Crippen LogP contribution < -0.4 is 11.1 Å². The van der Waals surface area contributed by atoms with Gasteiger partial charge in [0.25, 0.3) is 0 Å². The predicted octanol–water partition coefficient (Wildman–Crippen LogP) is 7.28. The SMILES string of the molecule is C=C(/C=C\C(=C)C(=C)/C=C\C(=C)C(C)CCCC)OCC.C=C/C(N)=C\C(=C/C)NC. The van der Waals surface area contributed by atoms with Gasteiger partial charge in [-0.3, -0.25) is 0 Å². The largest absolute Gasteiger partial charge is 0.495 e. The summed E-state index contributed by atoms with van der Waals surface area (Å²) in [6, 6.07) is 0. The Hall–Kier alpha value is -2.94. The normalized spacial score (nSPS) is 12.7. The van der Waals surface area contributed by atoms with Crippen molar-refractivity contribution in [2.75, 3.05) is 13.7 Å². The highest BCUT2D eigenvalue weighted by molar-refractivity contribution is 5.45. The van der Waals surface area contributed by atoms with Gasteiger partial charge in [-0.25, -0.2) is 0 Å². The molecule has 0 heterocycles. The van der Waals surface area contributed by atoms with E-state index in [2.05, 4.69) is 52.1 Å². The molecule has 3 heteroatoms. The van der Waals surface area contributed by atoms with E-state index in [4.69, 9.17) is 10.5 Å². The van der Waals surface area contributed by atoms with Gasteiger partial charge in [-0.1, -0.05) is 89.5 Å². The van der Waals surface area contributed by atoms with Gasteiger partial charge in [0.05, 0.1) is 6.61 Å². The molecule has 0 saturated carbocycles. The molecular formula is C28H44N2O. The number of hydrogen-bond acceptors (Lipinski definition) is 3. The van der Waals surface area contributed by atoms with E-state index in [1.807, 2.05) is 57.4 Å². The minimum absolute atomic E-state index is 0.510. The number of nitrogens with one attached hydrogen (secondary N) is 1. The maximum atomic E-state index is 5.49. The Balaban J connectivity index is 0. The molecule has 3 N–H and O–H groups in total. The van der Waals surface area contributed by atoms with Gasteiger partial charge in [0, 0.05) is 18.4 Å². The van der Waals surface area contributed by atoms with Crippen molar-refractivity contribution in [2.24, 2.45) is 11.7 Å². The zero-order valence-corrected chi connectivity index (χ0v) is 20.5. The zero-order valence-electron chi connectivity index (χ0n) is 20.5. The fourth-order valence-corrected chi connectivity index (χ4v) is 2.25. The van der Waals surface area contributed by atoms with Crippen molar-refractivity contribution in [3.8, 4) is 0 Å². The molecule has 0 bridgehead atoms. The Morgan fingerprint density at radius 2 is 1.61 bits per heavy atom. The summed E-state index contributed by atoms with van der Waals surface area (Å²) in [6.45, 7) is 28.4. The van der Waals surface area contributed by atoms with Crippen LogP contribution in [0.3, 0.4) is 0 Å². The molecule has 0 rings (SSSR count). The lowest BCUT2D eigenvalue weighted by atomic mass is 9.95. The number of hydrogen-bond donors (Lipinski definition) is 2. The Morgan fingerprint density at radius 1 is 1.03 bits per heavy atom. The fourth-order valence-electron chi connectivity index (χ4n) is 2.25. The van der Waals surface area contributed by atoms with E-state index < -0.39 is 0 Å². The minimum atomic E-state index is 0.510. The first-order valence-corrected chi connectivity index (χ1v) is 10.8. The summed E-state index contributed by atoms with van der Waals surface area (Å²) in [4.78, 5) is 0. The third-order valence-electron chi connectivity index (χ3n) is 4.49. The van der Waals surface area contributed by atoms with Gasteiger partial charge >= 0.3 is 0 Å². The summed E-state index contributed by atoms with van der Waals surface area (Å²) in [5.41, 5.74) is 10.0. The highest BCUT2D eigenvalue weighted by atomic mass is 16.5. The van der Waals surface area contributed by atoms with Crippen molar-refractivity contribution in [3.05, 3.63) is 109 Å². The first kappa shape index (κ1) is 30.3. The highest BCUT2D eigenvalue weighted by Crippen LogP contribution is 2.19. The molecule has 0 aliphatic carbocycles. The first-order valence-electron chi connectivity index (χ1n) is 10.8. The summed E-state index contributed by atoms with van der Waals surface area (Å²) in [5, 5.41) is 2.97. The summed E-state index contributed by atoms with van der Waals surface area (Å²) in [5.74, 6) is 1.14. The number of allylic oxidation sites excluding steroid dienone is 10. The topological polar surface area (TPSA) is 47.3 Å². The van der Waals surface area contributed by atoms with E-state index >= 15 is 0 Å². The Kier molecular flexibility index (Phi) is 18.6. The lowest BCUT2D eigenvalue weighted by Gasteiger charge is -2.10. The molecule has 0 amide bonds. The quantitative estimate of drug-likeness (QED) is 0.227. The van der Waals surface area contributed by atoms with E-state index in [1.165, 1.54) is 19.3 Å². The smallest absolute Gasteiger partial charge is 0.112 e. The second-order valence-electron chi connectivity index (χ2n) is 7.08. The van der Waals surface area contributed by atoms with Gasteiger partial charge in [-0.2, -0.15) is 0 Å². The van der Waals surface area contributed by atoms with Crippen LogP contribution in [-0.2, 0) is 4.74 Å². The van der Waals surface area contributed by atoms with Crippen LogP contribution in [0.1, 0.15) is 47.0 Å². The van der Waals surface area contributed by atoms with E-state index in [9.17, 15) is 0 Å². The van der Waals surface area contributed by atoms with Crippen LogP contribution in [0, 0.1) is 5.92 Å². The maximum absolute atomic E-state index is 5.49. The van der Waals surface area contributed by atoms with E-state index in [1.54, 1.807) is 6.08 Å². The second kappa shape index (κ2) is 19.0. The summed E-state index contributed by atoms with van der Waals surface area (Å²) < 4.78 is 5.25. The molecule has 1 unspecified atom stereocenters. The highest BCUT2D eigenvalue weighted by Gasteiger charge is 2.03. The van der Waals surface area contributed by atoms with Gasteiger partial charge in [-0.15, -0.1) is 0 Å². The Labute approximate surface area is 191 Å². The Morgan fingerprint density at radius 3 is 2.06 bits per heavy atom. The van der Waals surface area contributed by atoms with Crippen molar-refractivity contribution in [2.45, 2.75) is 47.0 Å². The van der Waals surface area contributed by atoms with Gasteiger partial charge in [0.2, 0.25) is 0 Å². The van der Waals surface area contributed by atoms with Crippen LogP contribution in [-0.4, -0.2) is 13.7 Å². The van der Waals surface area contributed by atoms with E-state index in [0.717, 1.165) is 22.4 Å². The molecule has 0 aliphatic heterocycles. The average Bonchev–Trinajstić information content (AvgIpc) is 2.77. The van der Waals surface area contributed by atoms with Gasteiger partial charge in [0.15, 0.2) is 0 Å². The van der Waals surface area contributed by atoms with Gasteiger partial charge < -0.3 is 15.8 Å². The van der Waals surface area contributed by atoms with Crippen molar-refractivity contribution < 1.29 is 4.74 Å². The lowest BCUT2D eigenvalue weighted by molar-refractivity contribution is 0.244. The second-order valence-corrected chi connectivity index (χ2v) is 7.08. The van der Waals surface area contributed by atoms with Crippen molar-refractivity contribution in [3.63, 3.8) is 0 Å². The number of rotatable bonds is 14. The Bertz CT molecular complexity index is 717. The van der Waals surface area contributed by atoms with E-state index in [0.29, 0.717) is 24.0 Å². The molecule has 31 heavy (non-hydrogen) atoms. The van der Waals surface area contributed by atoms with Crippen LogP contribution in [0.2, 0.25) is 0 Å². The molecule has 0 fully saturated rings. The van der Waals surface area contributed by atoms with Crippen LogP contribution in [0.5, 0.6) is 0 Å². The molecule has 0 aliphatic rings. The summed E-state index contributed by atoms with van der Waals surface area (Å²) >= 11 is 0. The standard InChI is InChI=1S/C20H30O.C8H14N2/c1-8-10-11-16(3)17(4)12-13-18(5)19(6)14-15-20(7)21-9-2;1-4-7(9)6-8(5-2)10-3/h12-16H,4-11H2,1-3H3;4-6,10H,1,9H2,2-3H3/b13-12-,15-14-;7-6+,8-5+. The lowest BCUT2D eigenvalue weighted by Crippen LogP contribution is -2.05. The molecule has 0 spiro atoms. The number of ether oxygens (including phenoxy) is 1. The number of unbranched alkanes of at least 4 members (excludes halogenated alkanes) is 1.